The van der Waals surface area contributed by atoms with Crippen LogP contribution in [0.2, 0.25) is 0 Å². The van der Waals surface area contributed by atoms with Crippen LogP contribution in [0.5, 0.6) is 11.5 Å². The smallest absolute Gasteiger partial charge is 0.243 e. The van der Waals surface area contributed by atoms with Gasteiger partial charge in [-0.2, -0.15) is 4.31 Å². The third kappa shape index (κ3) is 3.08. The molecule has 0 N–H and O–H groups in total. The molecule has 2 saturated heterocycles. The third-order valence-electron chi connectivity index (χ3n) is 5.21. The van der Waals surface area contributed by atoms with Crippen LogP contribution in [0.25, 0.3) is 0 Å². The van der Waals surface area contributed by atoms with Gasteiger partial charge in [-0.25, -0.2) is 8.42 Å². The SMILES string of the molecule is O=C1CCCCN1C1CCN(S(=O)(=O)c2ccc3c(c2)OCO3)CC1. The summed E-state index contributed by atoms with van der Waals surface area (Å²) in [5.74, 6) is 1.25. The fraction of sp³-hybridized carbons (Fsp3) is 0.588. The van der Waals surface area contributed by atoms with Crippen LogP contribution in [0.15, 0.2) is 23.1 Å². The minimum absolute atomic E-state index is 0.119. The van der Waals surface area contributed by atoms with Gasteiger partial charge in [0, 0.05) is 38.2 Å². The van der Waals surface area contributed by atoms with Crippen LogP contribution in [0, 0.1) is 0 Å². The quantitative estimate of drug-likeness (QED) is 0.812. The van der Waals surface area contributed by atoms with E-state index < -0.39 is 10.0 Å². The number of hydrogen-bond acceptors (Lipinski definition) is 5. The molecule has 3 aliphatic rings. The van der Waals surface area contributed by atoms with Crippen molar-refractivity contribution in [3.05, 3.63) is 18.2 Å². The van der Waals surface area contributed by atoms with Crippen LogP contribution in [-0.4, -0.2) is 56.0 Å². The van der Waals surface area contributed by atoms with Crippen molar-refractivity contribution in [2.24, 2.45) is 0 Å². The highest BCUT2D eigenvalue weighted by Crippen LogP contribution is 2.35. The number of carbonyl (C=O) groups is 1. The molecule has 1 amide bonds. The van der Waals surface area contributed by atoms with Crippen molar-refractivity contribution >= 4 is 15.9 Å². The Balaban J connectivity index is 1.45. The minimum atomic E-state index is -3.56. The van der Waals surface area contributed by atoms with E-state index in [2.05, 4.69) is 0 Å². The molecule has 1 aromatic carbocycles. The lowest BCUT2D eigenvalue weighted by Gasteiger charge is -2.39. The lowest BCUT2D eigenvalue weighted by molar-refractivity contribution is -0.136. The van der Waals surface area contributed by atoms with Gasteiger partial charge in [-0.15, -0.1) is 0 Å². The molecule has 1 aromatic rings. The molecule has 136 valence electrons. The van der Waals surface area contributed by atoms with Crippen LogP contribution in [-0.2, 0) is 14.8 Å². The molecule has 2 fully saturated rings. The first kappa shape index (κ1) is 16.7. The normalized spacial score (nSPS) is 22.4. The number of sulfonamides is 1. The maximum atomic E-state index is 12.9. The number of piperidine rings is 2. The molecule has 3 heterocycles. The van der Waals surface area contributed by atoms with Crippen molar-refractivity contribution in [3.63, 3.8) is 0 Å². The summed E-state index contributed by atoms with van der Waals surface area (Å²) in [4.78, 5) is 14.2. The molecule has 0 spiro atoms. The molecule has 0 aliphatic carbocycles. The zero-order chi connectivity index (χ0) is 17.4. The van der Waals surface area contributed by atoms with Gasteiger partial charge in [-0.05, 0) is 37.8 Å². The predicted octanol–water partition coefficient (Wildman–Crippen LogP) is 1.58. The van der Waals surface area contributed by atoms with Crippen molar-refractivity contribution in [1.29, 1.82) is 0 Å². The van der Waals surface area contributed by atoms with Gasteiger partial charge in [0.2, 0.25) is 22.7 Å². The minimum Gasteiger partial charge on any atom is -0.454 e. The molecule has 25 heavy (non-hydrogen) atoms. The Hall–Kier alpha value is -1.80. The van der Waals surface area contributed by atoms with E-state index in [-0.39, 0.29) is 23.6 Å². The van der Waals surface area contributed by atoms with Gasteiger partial charge < -0.3 is 14.4 Å². The molecule has 7 nitrogen and oxygen atoms in total. The molecule has 8 heteroatoms. The summed E-state index contributed by atoms with van der Waals surface area (Å²) in [7, 11) is -3.56. The summed E-state index contributed by atoms with van der Waals surface area (Å²) in [6.07, 6.45) is 4.01. The van der Waals surface area contributed by atoms with Gasteiger partial charge in [-0.3, -0.25) is 4.79 Å². The standard InChI is InChI=1S/C17H22N2O5S/c20-17-3-1-2-8-19(17)13-6-9-18(10-7-13)25(21,22)14-4-5-15-16(11-14)24-12-23-15/h4-5,11,13H,1-3,6-10,12H2. The Morgan fingerprint density at radius 2 is 1.76 bits per heavy atom. The van der Waals surface area contributed by atoms with Crippen LogP contribution in [0.3, 0.4) is 0 Å². The number of likely N-dealkylation sites (tertiary alicyclic amines) is 1. The molecule has 0 aromatic heterocycles. The van der Waals surface area contributed by atoms with Crippen molar-refractivity contribution in [2.75, 3.05) is 26.4 Å². The molecular formula is C17H22N2O5S. The van der Waals surface area contributed by atoms with E-state index in [0.29, 0.717) is 43.9 Å². The summed E-state index contributed by atoms with van der Waals surface area (Å²) in [6.45, 7) is 1.79. The molecule has 0 radical (unpaired) electrons. The topological polar surface area (TPSA) is 76.2 Å². The summed E-state index contributed by atoms with van der Waals surface area (Å²) in [5, 5.41) is 0. The second-order valence-corrected chi connectivity index (χ2v) is 8.63. The first-order valence-corrected chi connectivity index (χ1v) is 10.2. The molecule has 0 bridgehead atoms. The van der Waals surface area contributed by atoms with E-state index in [1.54, 1.807) is 12.1 Å². The van der Waals surface area contributed by atoms with Gasteiger partial charge in [0.1, 0.15) is 0 Å². The Bertz CT molecular complexity index is 771. The average Bonchev–Trinajstić information content (AvgIpc) is 3.10. The number of carbonyl (C=O) groups excluding carboxylic acids is 1. The van der Waals surface area contributed by atoms with Crippen molar-refractivity contribution in [3.8, 4) is 11.5 Å². The fourth-order valence-corrected chi connectivity index (χ4v) is 5.28. The van der Waals surface area contributed by atoms with E-state index in [9.17, 15) is 13.2 Å². The van der Waals surface area contributed by atoms with Crippen molar-refractivity contribution in [2.45, 2.75) is 43.0 Å². The first-order chi connectivity index (χ1) is 12.1. The van der Waals surface area contributed by atoms with Gasteiger partial charge >= 0.3 is 0 Å². The van der Waals surface area contributed by atoms with Crippen LogP contribution >= 0.6 is 0 Å². The number of ether oxygens (including phenoxy) is 2. The number of nitrogens with zero attached hydrogens (tertiary/aromatic N) is 2. The highest BCUT2D eigenvalue weighted by Gasteiger charge is 2.34. The Kier molecular flexibility index (Phi) is 4.33. The van der Waals surface area contributed by atoms with Gasteiger partial charge in [-0.1, -0.05) is 0 Å². The summed E-state index contributed by atoms with van der Waals surface area (Å²) in [6, 6.07) is 4.88. The van der Waals surface area contributed by atoms with Gasteiger partial charge in [0.15, 0.2) is 11.5 Å². The summed E-state index contributed by atoms with van der Waals surface area (Å²) in [5.41, 5.74) is 0. The molecule has 3 aliphatic heterocycles. The monoisotopic (exact) mass is 366 g/mol. The van der Waals surface area contributed by atoms with E-state index in [1.165, 1.54) is 10.4 Å². The van der Waals surface area contributed by atoms with E-state index in [1.807, 2.05) is 4.90 Å². The molecule has 0 unspecified atom stereocenters. The van der Waals surface area contributed by atoms with Crippen molar-refractivity contribution in [1.82, 2.24) is 9.21 Å². The maximum absolute atomic E-state index is 12.9. The first-order valence-electron chi connectivity index (χ1n) is 8.75. The predicted molar refractivity (Wildman–Crippen MR) is 89.9 cm³/mol. The number of fused-ring (bicyclic) bond motifs is 1. The van der Waals surface area contributed by atoms with Crippen LogP contribution in [0.4, 0.5) is 0 Å². The lowest BCUT2D eigenvalue weighted by atomic mass is 10.0. The Morgan fingerprint density at radius 1 is 1.00 bits per heavy atom. The number of benzene rings is 1. The van der Waals surface area contributed by atoms with Gasteiger partial charge in [0.05, 0.1) is 4.90 Å². The Labute approximate surface area is 147 Å². The van der Waals surface area contributed by atoms with E-state index in [4.69, 9.17) is 9.47 Å². The molecular weight excluding hydrogens is 344 g/mol. The summed E-state index contributed by atoms with van der Waals surface area (Å²) < 4.78 is 37.8. The maximum Gasteiger partial charge on any atom is 0.243 e. The Morgan fingerprint density at radius 3 is 2.52 bits per heavy atom. The van der Waals surface area contributed by atoms with E-state index in [0.717, 1.165) is 19.4 Å². The lowest BCUT2D eigenvalue weighted by Crippen LogP contribution is -2.50. The molecule has 0 saturated carbocycles. The third-order valence-corrected chi connectivity index (χ3v) is 7.10. The average molecular weight is 366 g/mol. The molecule has 4 rings (SSSR count). The fourth-order valence-electron chi connectivity index (χ4n) is 3.79. The highest BCUT2D eigenvalue weighted by molar-refractivity contribution is 7.89. The molecule has 0 atom stereocenters. The van der Waals surface area contributed by atoms with E-state index >= 15 is 0 Å². The van der Waals surface area contributed by atoms with Crippen molar-refractivity contribution < 1.29 is 22.7 Å². The number of rotatable bonds is 3. The summed E-state index contributed by atoms with van der Waals surface area (Å²) >= 11 is 0. The van der Waals surface area contributed by atoms with Gasteiger partial charge in [0.25, 0.3) is 0 Å². The second-order valence-electron chi connectivity index (χ2n) is 6.69. The number of amides is 1. The highest BCUT2D eigenvalue weighted by atomic mass is 32.2. The second kappa shape index (κ2) is 6.49. The zero-order valence-electron chi connectivity index (χ0n) is 14.0. The number of hydrogen-bond donors (Lipinski definition) is 0. The largest absolute Gasteiger partial charge is 0.454 e. The zero-order valence-corrected chi connectivity index (χ0v) is 14.8. The van der Waals surface area contributed by atoms with Crippen LogP contribution < -0.4 is 9.47 Å². The van der Waals surface area contributed by atoms with Crippen LogP contribution in [0.1, 0.15) is 32.1 Å².